The van der Waals surface area contributed by atoms with Crippen LogP contribution in [0.2, 0.25) is 0 Å². The first-order valence-electron chi connectivity index (χ1n) is 7.53. The van der Waals surface area contributed by atoms with Crippen LogP contribution < -0.4 is 0 Å². The van der Waals surface area contributed by atoms with Crippen molar-refractivity contribution in [3.63, 3.8) is 0 Å². The molecular formula is C17H18N2O3S. The fourth-order valence-electron chi connectivity index (χ4n) is 2.68. The number of benzene rings is 1. The number of rotatable bonds is 5. The lowest BCUT2D eigenvalue weighted by atomic mass is 10.1. The number of hydrogen-bond donors (Lipinski definition) is 0. The zero-order valence-corrected chi connectivity index (χ0v) is 13.7. The molecule has 1 fully saturated rings. The maximum Gasteiger partial charge on any atom is 0.340 e. The van der Waals surface area contributed by atoms with E-state index in [4.69, 9.17) is 4.74 Å². The monoisotopic (exact) mass is 330 g/mol. The number of aryl methyl sites for hydroxylation is 1. The molecule has 1 aromatic heterocycles. The molecule has 0 aliphatic carbocycles. The number of amides is 1. The van der Waals surface area contributed by atoms with Crippen molar-refractivity contribution in [2.75, 3.05) is 13.2 Å². The van der Waals surface area contributed by atoms with Crippen molar-refractivity contribution >= 4 is 23.4 Å². The predicted octanol–water partition coefficient (Wildman–Crippen LogP) is 2.66. The van der Waals surface area contributed by atoms with E-state index in [1.807, 2.05) is 35.2 Å². The summed E-state index contributed by atoms with van der Waals surface area (Å²) in [6.45, 7) is 3.29. The fraction of sp³-hybridized carbons (Fsp3) is 0.353. The summed E-state index contributed by atoms with van der Waals surface area (Å²) in [5, 5.41) is 1.69. The average molecular weight is 330 g/mol. The average Bonchev–Trinajstić information content (AvgIpc) is 3.12. The zero-order chi connectivity index (χ0) is 16.2. The van der Waals surface area contributed by atoms with Crippen molar-refractivity contribution in [2.24, 2.45) is 5.92 Å². The van der Waals surface area contributed by atoms with Gasteiger partial charge in [0.15, 0.2) is 0 Å². The van der Waals surface area contributed by atoms with Crippen molar-refractivity contribution in [3.8, 4) is 0 Å². The molecule has 1 amide bonds. The van der Waals surface area contributed by atoms with Gasteiger partial charge in [-0.05, 0) is 24.0 Å². The summed E-state index contributed by atoms with van der Waals surface area (Å²) in [5.74, 6) is -0.185. The molecule has 1 aliphatic heterocycles. The summed E-state index contributed by atoms with van der Waals surface area (Å²) >= 11 is 1.24. The molecule has 2 aromatic rings. The molecule has 6 heteroatoms. The van der Waals surface area contributed by atoms with E-state index in [0.717, 1.165) is 5.56 Å². The van der Waals surface area contributed by atoms with E-state index < -0.39 is 0 Å². The van der Waals surface area contributed by atoms with Gasteiger partial charge in [-0.15, -0.1) is 0 Å². The molecule has 1 atom stereocenters. The lowest BCUT2D eigenvalue weighted by molar-refractivity contribution is -0.128. The van der Waals surface area contributed by atoms with E-state index in [0.29, 0.717) is 30.8 Å². The van der Waals surface area contributed by atoms with Crippen LogP contribution in [0.4, 0.5) is 0 Å². The summed E-state index contributed by atoms with van der Waals surface area (Å²) in [4.78, 5) is 25.9. The molecule has 0 radical (unpaired) electrons. The minimum absolute atomic E-state index is 0.0575. The van der Waals surface area contributed by atoms with Crippen LogP contribution in [0.15, 0.2) is 35.7 Å². The van der Waals surface area contributed by atoms with E-state index in [-0.39, 0.29) is 24.4 Å². The van der Waals surface area contributed by atoms with Crippen molar-refractivity contribution in [1.29, 1.82) is 0 Å². The van der Waals surface area contributed by atoms with Crippen LogP contribution in [-0.4, -0.2) is 34.3 Å². The molecule has 0 N–H and O–H groups in total. The van der Waals surface area contributed by atoms with Gasteiger partial charge in [-0.1, -0.05) is 30.3 Å². The molecule has 1 aliphatic rings. The SMILES string of the molecule is Cc1nscc1C(=O)OCC1CC(=O)N(Cc2ccccc2)C1. The minimum Gasteiger partial charge on any atom is -0.462 e. The van der Waals surface area contributed by atoms with E-state index in [2.05, 4.69) is 4.37 Å². The third-order valence-corrected chi connectivity index (χ3v) is 4.65. The highest BCUT2D eigenvalue weighted by Crippen LogP contribution is 2.21. The Hall–Kier alpha value is -2.21. The molecule has 23 heavy (non-hydrogen) atoms. The van der Waals surface area contributed by atoms with Crippen molar-refractivity contribution in [3.05, 3.63) is 52.5 Å². The second-order valence-electron chi connectivity index (χ2n) is 5.74. The predicted molar refractivity (Wildman–Crippen MR) is 87.1 cm³/mol. The Balaban J connectivity index is 1.52. The quantitative estimate of drug-likeness (QED) is 0.791. The van der Waals surface area contributed by atoms with Gasteiger partial charge in [0.25, 0.3) is 0 Å². The van der Waals surface area contributed by atoms with Gasteiger partial charge >= 0.3 is 5.97 Å². The standard InChI is InChI=1S/C17H18N2O3S/c1-12-15(11-23-18-12)17(21)22-10-14-7-16(20)19(9-14)8-13-5-3-2-4-6-13/h2-6,11,14H,7-10H2,1H3. The molecule has 120 valence electrons. The first kappa shape index (κ1) is 15.7. The third kappa shape index (κ3) is 3.76. The summed E-state index contributed by atoms with van der Waals surface area (Å²) < 4.78 is 9.41. The summed E-state index contributed by atoms with van der Waals surface area (Å²) in [6, 6.07) is 9.90. The van der Waals surface area contributed by atoms with Gasteiger partial charge in [0.05, 0.1) is 17.9 Å². The number of ether oxygens (including phenoxy) is 1. The van der Waals surface area contributed by atoms with Crippen LogP contribution in [0.1, 0.15) is 28.0 Å². The number of carbonyl (C=O) groups excluding carboxylic acids is 2. The molecule has 5 nitrogen and oxygen atoms in total. The van der Waals surface area contributed by atoms with Crippen molar-refractivity contribution < 1.29 is 14.3 Å². The lowest BCUT2D eigenvalue weighted by Gasteiger charge is -2.16. The fourth-order valence-corrected chi connectivity index (χ4v) is 3.36. The third-order valence-electron chi connectivity index (χ3n) is 3.93. The van der Waals surface area contributed by atoms with Crippen LogP contribution in [0, 0.1) is 12.8 Å². The Morgan fingerprint density at radius 1 is 1.39 bits per heavy atom. The molecule has 1 aromatic carbocycles. The lowest BCUT2D eigenvalue weighted by Crippen LogP contribution is -2.25. The van der Waals surface area contributed by atoms with Gasteiger partial charge in [-0.3, -0.25) is 4.79 Å². The van der Waals surface area contributed by atoms with Crippen LogP contribution in [-0.2, 0) is 16.1 Å². The molecule has 3 rings (SSSR count). The zero-order valence-electron chi connectivity index (χ0n) is 12.9. The highest BCUT2D eigenvalue weighted by molar-refractivity contribution is 7.03. The number of carbonyl (C=O) groups is 2. The molecule has 2 heterocycles. The van der Waals surface area contributed by atoms with E-state index >= 15 is 0 Å². The Labute approximate surface area is 139 Å². The van der Waals surface area contributed by atoms with E-state index in [1.165, 1.54) is 11.5 Å². The number of nitrogens with zero attached hydrogens (tertiary/aromatic N) is 2. The first-order valence-corrected chi connectivity index (χ1v) is 8.37. The van der Waals surface area contributed by atoms with Crippen molar-refractivity contribution in [1.82, 2.24) is 9.27 Å². The van der Waals surface area contributed by atoms with Gasteiger partial charge in [0.2, 0.25) is 5.91 Å². The maximum atomic E-state index is 12.1. The summed E-state index contributed by atoms with van der Waals surface area (Å²) in [7, 11) is 0. The number of likely N-dealkylation sites (tertiary alicyclic amines) is 1. The second-order valence-corrected chi connectivity index (χ2v) is 6.37. The number of aromatic nitrogens is 1. The molecule has 0 bridgehead atoms. The van der Waals surface area contributed by atoms with Gasteiger partial charge in [-0.25, -0.2) is 4.79 Å². The molecule has 0 spiro atoms. The van der Waals surface area contributed by atoms with Crippen LogP contribution in [0.25, 0.3) is 0 Å². The Kier molecular flexibility index (Phi) is 4.71. The number of esters is 1. The Morgan fingerprint density at radius 2 is 2.17 bits per heavy atom. The smallest absolute Gasteiger partial charge is 0.340 e. The number of hydrogen-bond acceptors (Lipinski definition) is 5. The topological polar surface area (TPSA) is 59.5 Å². The Morgan fingerprint density at radius 3 is 2.87 bits per heavy atom. The van der Waals surface area contributed by atoms with E-state index in [1.54, 1.807) is 12.3 Å². The highest BCUT2D eigenvalue weighted by atomic mass is 32.1. The largest absolute Gasteiger partial charge is 0.462 e. The Bertz CT molecular complexity index is 699. The maximum absolute atomic E-state index is 12.1. The second kappa shape index (κ2) is 6.91. The molecule has 0 saturated carbocycles. The van der Waals surface area contributed by atoms with Gasteiger partial charge < -0.3 is 9.64 Å². The van der Waals surface area contributed by atoms with Crippen LogP contribution >= 0.6 is 11.5 Å². The molecule has 1 saturated heterocycles. The van der Waals surface area contributed by atoms with Gasteiger partial charge in [0, 0.05) is 30.8 Å². The minimum atomic E-state index is -0.356. The normalized spacial score (nSPS) is 17.5. The van der Waals surface area contributed by atoms with E-state index in [9.17, 15) is 9.59 Å². The summed E-state index contributed by atoms with van der Waals surface area (Å²) in [6.07, 6.45) is 0.432. The molecule has 1 unspecified atom stereocenters. The van der Waals surface area contributed by atoms with Gasteiger partial charge in [0.1, 0.15) is 0 Å². The van der Waals surface area contributed by atoms with Gasteiger partial charge in [-0.2, -0.15) is 4.37 Å². The van der Waals surface area contributed by atoms with Crippen LogP contribution in [0.5, 0.6) is 0 Å². The van der Waals surface area contributed by atoms with Crippen LogP contribution in [0.3, 0.4) is 0 Å². The highest BCUT2D eigenvalue weighted by Gasteiger charge is 2.30. The summed E-state index contributed by atoms with van der Waals surface area (Å²) in [5.41, 5.74) is 2.31. The first-order chi connectivity index (χ1) is 11.1. The van der Waals surface area contributed by atoms with Crippen molar-refractivity contribution in [2.45, 2.75) is 19.9 Å². The molecular weight excluding hydrogens is 312 g/mol.